The van der Waals surface area contributed by atoms with Gasteiger partial charge in [0.15, 0.2) is 0 Å². The molecule has 1 saturated heterocycles. The number of hydrogen-bond donors (Lipinski definition) is 2. The van der Waals surface area contributed by atoms with Crippen LogP contribution in [0.4, 0.5) is 23.0 Å². The number of amides is 1. The number of pyridine rings is 1. The molecule has 9 nitrogen and oxygen atoms in total. The molecular formula is C27H26N6O3. The molecule has 2 aromatic heterocycles. The summed E-state index contributed by atoms with van der Waals surface area (Å²) in [7, 11) is 1.64. The maximum Gasteiger partial charge on any atom is 0.247 e. The first-order chi connectivity index (χ1) is 17.6. The normalized spacial score (nSPS) is 13.3. The molecular weight excluding hydrogens is 456 g/mol. The molecule has 182 valence electrons. The van der Waals surface area contributed by atoms with Gasteiger partial charge >= 0.3 is 0 Å². The third kappa shape index (κ3) is 4.96. The van der Waals surface area contributed by atoms with Gasteiger partial charge in [0.25, 0.3) is 0 Å². The first-order valence-corrected chi connectivity index (χ1v) is 11.6. The van der Waals surface area contributed by atoms with E-state index in [0.717, 1.165) is 35.4 Å². The Kier molecular flexibility index (Phi) is 6.72. The number of morpholine rings is 1. The summed E-state index contributed by atoms with van der Waals surface area (Å²) in [6, 6.07) is 15.3. The number of ether oxygens (including phenoxy) is 2. The third-order valence-electron chi connectivity index (χ3n) is 5.90. The minimum atomic E-state index is -0.277. The van der Waals surface area contributed by atoms with Gasteiger partial charge in [-0.1, -0.05) is 18.7 Å². The second-order valence-corrected chi connectivity index (χ2v) is 8.17. The molecule has 3 heterocycles. The minimum absolute atomic E-state index is 0.277. The second kappa shape index (κ2) is 10.4. The van der Waals surface area contributed by atoms with Gasteiger partial charge in [-0.25, -0.2) is 9.97 Å². The lowest BCUT2D eigenvalue weighted by Gasteiger charge is -2.29. The molecule has 0 bridgehead atoms. The largest absolute Gasteiger partial charge is 0.494 e. The SMILES string of the molecule is C=CC(=O)Nc1cccc(-c2nccc3cnc(Nc4ccc(N5CCOCC5)cc4OC)nc23)c1. The molecule has 36 heavy (non-hydrogen) atoms. The Balaban J connectivity index is 1.46. The van der Waals surface area contributed by atoms with Gasteiger partial charge in [0.1, 0.15) is 11.3 Å². The van der Waals surface area contributed by atoms with E-state index in [-0.39, 0.29) is 5.91 Å². The molecule has 0 aliphatic carbocycles. The highest BCUT2D eigenvalue weighted by atomic mass is 16.5. The molecule has 1 fully saturated rings. The van der Waals surface area contributed by atoms with Crippen LogP contribution in [0.5, 0.6) is 5.75 Å². The van der Waals surface area contributed by atoms with Crippen LogP contribution in [0, 0.1) is 0 Å². The molecule has 1 aliphatic heterocycles. The van der Waals surface area contributed by atoms with Crippen molar-refractivity contribution in [3.05, 3.63) is 73.6 Å². The van der Waals surface area contributed by atoms with Gasteiger partial charge < -0.3 is 25.0 Å². The topological polar surface area (TPSA) is 102 Å². The average Bonchev–Trinajstić information content (AvgIpc) is 2.93. The van der Waals surface area contributed by atoms with E-state index < -0.39 is 0 Å². The van der Waals surface area contributed by atoms with Crippen molar-refractivity contribution in [2.24, 2.45) is 0 Å². The van der Waals surface area contributed by atoms with Crippen molar-refractivity contribution in [3.8, 4) is 17.0 Å². The molecule has 0 saturated carbocycles. The number of nitrogens with one attached hydrogen (secondary N) is 2. The van der Waals surface area contributed by atoms with Gasteiger partial charge in [-0.15, -0.1) is 0 Å². The Bertz CT molecular complexity index is 1420. The number of hydrogen-bond acceptors (Lipinski definition) is 8. The molecule has 0 radical (unpaired) electrons. The van der Waals surface area contributed by atoms with Gasteiger partial charge in [-0.2, -0.15) is 0 Å². The quantitative estimate of drug-likeness (QED) is 0.374. The zero-order valence-electron chi connectivity index (χ0n) is 19.9. The summed E-state index contributed by atoms with van der Waals surface area (Å²) in [6.07, 6.45) is 4.71. The van der Waals surface area contributed by atoms with Crippen molar-refractivity contribution in [1.82, 2.24) is 15.0 Å². The molecule has 0 unspecified atom stereocenters. The summed E-state index contributed by atoms with van der Waals surface area (Å²) < 4.78 is 11.1. The number of benzene rings is 2. The fourth-order valence-corrected chi connectivity index (χ4v) is 4.09. The van der Waals surface area contributed by atoms with E-state index in [1.165, 1.54) is 6.08 Å². The van der Waals surface area contributed by atoms with Crippen LogP contribution in [0.2, 0.25) is 0 Å². The molecule has 1 aliphatic rings. The van der Waals surface area contributed by atoms with Gasteiger partial charge in [-0.05, 0) is 36.4 Å². The fourth-order valence-electron chi connectivity index (χ4n) is 4.09. The predicted octanol–water partition coefficient (Wildman–Crippen LogP) is 4.41. The van der Waals surface area contributed by atoms with E-state index in [1.54, 1.807) is 19.5 Å². The summed E-state index contributed by atoms with van der Waals surface area (Å²) in [5, 5.41) is 6.91. The highest BCUT2D eigenvalue weighted by Crippen LogP contribution is 2.33. The zero-order valence-corrected chi connectivity index (χ0v) is 19.9. The van der Waals surface area contributed by atoms with Crippen LogP contribution in [0.25, 0.3) is 22.2 Å². The Morgan fingerprint density at radius 2 is 2.00 bits per heavy atom. The number of carbonyl (C=O) groups excluding carboxylic acids is 1. The van der Waals surface area contributed by atoms with Crippen LogP contribution in [-0.2, 0) is 9.53 Å². The smallest absolute Gasteiger partial charge is 0.247 e. The zero-order chi connectivity index (χ0) is 24.9. The van der Waals surface area contributed by atoms with Crippen LogP contribution in [0.15, 0.2) is 73.6 Å². The summed E-state index contributed by atoms with van der Waals surface area (Å²) in [4.78, 5) is 27.8. The number of nitrogens with zero attached hydrogens (tertiary/aromatic N) is 4. The number of aromatic nitrogens is 3. The number of methoxy groups -OCH3 is 1. The number of carbonyl (C=O) groups is 1. The standard InChI is InChI=1S/C27H26N6O3/c1-3-24(34)30-20-6-4-5-18(15-20)25-26-19(9-10-28-25)17-29-27(32-26)31-22-8-7-21(16-23(22)35-2)33-11-13-36-14-12-33/h3-10,15-17H,1,11-14H2,2H3,(H,30,34)(H,29,31,32). The lowest BCUT2D eigenvalue weighted by atomic mass is 10.1. The molecule has 2 N–H and O–H groups in total. The van der Waals surface area contributed by atoms with Crippen molar-refractivity contribution in [1.29, 1.82) is 0 Å². The Morgan fingerprint density at radius 3 is 2.81 bits per heavy atom. The molecule has 9 heteroatoms. The van der Waals surface area contributed by atoms with E-state index in [2.05, 4.69) is 32.1 Å². The van der Waals surface area contributed by atoms with Gasteiger partial charge in [0.05, 0.1) is 31.7 Å². The minimum Gasteiger partial charge on any atom is -0.494 e. The van der Waals surface area contributed by atoms with Crippen molar-refractivity contribution >= 4 is 39.8 Å². The Labute approximate surface area is 208 Å². The van der Waals surface area contributed by atoms with Crippen molar-refractivity contribution in [2.45, 2.75) is 0 Å². The van der Waals surface area contributed by atoms with Crippen LogP contribution in [0.1, 0.15) is 0 Å². The highest BCUT2D eigenvalue weighted by Gasteiger charge is 2.15. The van der Waals surface area contributed by atoms with Gasteiger partial charge in [0, 0.05) is 53.9 Å². The molecule has 0 atom stereocenters. The van der Waals surface area contributed by atoms with E-state index >= 15 is 0 Å². The first kappa shape index (κ1) is 23.3. The van der Waals surface area contributed by atoms with E-state index in [1.807, 2.05) is 48.5 Å². The molecule has 1 amide bonds. The van der Waals surface area contributed by atoms with Crippen LogP contribution < -0.4 is 20.3 Å². The number of anilines is 4. The monoisotopic (exact) mass is 482 g/mol. The Hall–Kier alpha value is -4.50. The third-order valence-corrected chi connectivity index (χ3v) is 5.90. The summed E-state index contributed by atoms with van der Waals surface area (Å²) in [5.74, 6) is 0.838. The summed E-state index contributed by atoms with van der Waals surface area (Å²) in [5.41, 5.74) is 4.67. The second-order valence-electron chi connectivity index (χ2n) is 8.17. The van der Waals surface area contributed by atoms with Crippen LogP contribution in [0.3, 0.4) is 0 Å². The van der Waals surface area contributed by atoms with Crippen molar-refractivity contribution in [3.63, 3.8) is 0 Å². The predicted molar refractivity (Wildman–Crippen MR) is 141 cm³/mol. The Morgan fingerprint density at radius 1 is 1.14 bits per heavy atom. The highest BCUT2D eigenvalue weighted by molar-refractivity contribution is 5.99. The number of rotatable bonds is 7. The van der Waals surface area contributed by atoms with Crippen LogP contribution in [-0.4, -0.2) is 54.3 Å². The molecule has 0 spiro atoms. The van der Waals surface area contributed by atoms with E-state index in [9.17, 15) is 4.79 Å². The van der Waals surface area contributed by atoms with Crippen molar-refractivity contribution in [2.75, 3.05) is 48.9 Å². The molecule has 5 rings (SSSR count). The summed E-state index contributed by atoms with van der Waals surface area (Å²) in [6.45, 7) is 6.62. The van der Waals surface area contributed by atoms with Gasteiger partial charge in [0.2, 0.25) is 11.9 Å². The van der Waals surface area contributed by atoms with E-state index in [4.69, 9.17) is 14.5 Å². The summed E-state index contributed by atoms with van der Waals surface area (Å²) >= 11 is 0. The molecule has 4 aromatic rings. The maximum atomic E-state index is 11.7. The fraction of sp³-hybridized carbons (Fsp3) is 0.185. The molecule has 2 aromatic carbocycles. The van der Waals surface area contributed by atoms with E-state index in [0.29, 0.717) is 41.8 Å². The number of fused-ring (bicyclic) bond motifs is 1. The van der Waals surface area contributed by atoms with Crippen LogP contribution >= 0.6 is 0 Å². The van der Waals surface area contributed by atoms with Gasteiger partial charge in [-0.3, -0.25) is 9.78 Å². The average molecular weight is 483 g/mol. The van der Waals surface area contributed by atoms with Crippen molar-refractivity contribution < 1.29 is 14.3 Å². The maximum absolute atomic E-state index is 11.7. The first-order valence-electron chi connectivity index (χ1n) is 11.6. The lowest BCUT2D eigenvalue weighted by molar-refractivity contribution is -0.111. The lowest BCUT2D eigenvalue weighted by Crippen LogP contribution is -2.36.